The molecule has 0 aliphatic heterocycles. The zero-order valence-electron chi connectivity index (χ0n) is 15.6. The van der Waals surface area contributed by atoms with Crippen molar-refractivity contribution in [1.29, 1.82) is 0 Å². The van der Waals surface area contributed by atoms with Crippen molar-refractivity contribution in [3.05, 3.63) is 64.1 Å². The van der Waals surface area contributed by atoms with E-state index in [0.717, 1.165) is 38.6 Å². The highest BCUT2D eigenvalue weighted by molar-refractivity contribution is 9.10. The van der Waals surface area contributed by atoms with Crippen LogP contribution in [-0.4, -0.2) is 32.7 Å². The molecule has 0 saturated heterocycles. The number of hydrogen-bond acceptors (Lipinski definition) is 7. The number of rotatable bonds is 7. The van der Waals surface area contributed by atoms with Crippen LogP contribution in [-0.2, 0) is 11.0 Å². The number of alkyl halides is 3. The molecular formula is C18H15BrF3N7OS. The minimum Gasteiger partial charge on any atom is -0.334 e. The lowest BCUT2D eigenvalue weighted by molar-refractivity contribution is -0.137. The number of hydrazone groups is 1. The van der Waals surface area contributed by atoms with E-state index in [1.54, 1.807) is 6.21 Å². The Morgan fingerprint density at radius 2 is 2.00 bits per heavy atom. The van der Waals surface area contributed by atoms with Gasteiger partial charge in [-0.1, -0.05) is 45.9 Å². The molecule has 0 atom stereocenters. The molecule has 13 heteroatoms. The van der Waals surface area contributed by atoms with Crippen molar-refractivity contribution in [3.8, 4) is 0 Å². The molecule has 31 heavy (non-hydrogen) atoms. The van der Waals surface area contributed by atoms with Gasteiger partial charge in [-0.15, -0.1) is 10.2 Å². The Kier molecular flexibility index (Phi) is 7.17. The molecule has 0 aliphatic rings. The summed E-state index contributed by atoms with van der Waals surface area (Å²) in [5.41, 5.74) is 2.68. The molecule has 8 nitrogen and oxygen atoms in total. The first-order chi connectivity index (χ1) is 14.7. The van der Waals surface area contributed by atoms with Crippen LogP contribution in [0.25, 0.3) is 0 Å². The number of halogens is 4. The highest BCUT2D eigenvalue weighted by atomic mass is 79.9. The van der Waals surface area contributed by atoms with Crippen molar-refractivity contribution < 1.29 is 18.0 Å². The fourth-order valence-electron chi connectivity index (χ4n) is 2.30. The summed E-state index contributed by atoms with van der Waals surface area (Å²) in [7, 11) is 0. The summed E-state index contributed by atoms with van der Waals surface area (Å²) < 4.78 is 40.3. The number of nitrogens with two attached hydrogens (primary N) is 1. The number of carbonyl (C=O) groups excluding carboxylic acids is 1. The molecule has 0 fully saturated rings. The van der Waals surface area contributed by atoms with Crippen molar-refractivity contribution in [2.75, 3.05) is 22.3 Å². The maximum absolute atomic E-state index is 12.8. The number of amides is 1. The first-order valence-corrected chi connectivity index (χ1v) is 10.4. The number of thioether (sulfide) groups is 1. The van der Waals surface area contributed by atoms with E-state index in [2.05, 4.69) is 42.0 Å². The summed E-state index contributed by atoms with van der Waals surface area (Å²) in [5.74, 6) is 5.38. The van der Waals surface area contributed by atoms with Gasteiger partial charge in [-0.3, -0.25) is 4.79 Å². The Bertz CT molecular complexity index is 1100. The van der Waals surface area contributed by atoms with Gasteiger partial charge < -0.3 is 11.2 Å². The van der Waals surface area contributed by atoms with Gasteiger partial charge in [-0.25, -0.2) is 10.1 Å². The van der Waals surface area contributed by atoms with Gasteiger partial charge in [-0.05, 0) is 35.9 Å². The van der Waals surface area contributed by atoms with Crippen molar-refractivity contribution in [3.63, 3.8) is 0 Å². The molecule has 162 valence electrons. The Morgan fingerprint density at radius 3 is 2.74 bits per heavy atom. The standard InChI is InChI=1S/C18H15BrF3N7OS/c19-13-5-1-3-11(7-13)9-24-26-16-27-28-17(29(16)23)31-10-15(30)25-14-6-2-4-12(8-14)18(20,21)22/h1-9H,10,23H2,(H,25,30)(H,26,27)/b24-9+. The molecule has 0 spiro atoms. The minimum absolute atomic E-state index is 0.0406. The predicted molar refractivity (Wildman–Crippen MR) is 116 cm³/mol. The summed E-state index contributed by atoms with van der Waals surface area (Å²) in [6.45, 7) is 0. The molecule has 0 radical (unpaired) electrons. The Balaban J connectivity index is 1.54. The number of hydrogen-bond donors (Lipinski definition) is 3. The average molecular weight is 514 g/mol. The quantitative estimate of drug-likeness (QED) is 0.191. The van der Waals surface area contributed by atoms with Crippen LogP contribution < -0.4 is 16.6 Å². The summed E-state index contributed by atoms with van der Waals surface area (Å²) in [6.07, 6.45) is -2.93. The van der Waals surface area contributed by atoms with E-state index >= 15 is 0 Å². The van der Waals surface area contributed by atoms with Gasteiger partial charge in [0.1, 0.15) is 0 Å². The molecule has 3 rings (SSSR count). The van der Waals surface area contributed by atoms with Crippen LogP contribution >= 0.6 is 27.7 Å². The maximum atomic E-state index is 12.8. The zero-order valence-corrected chi connectivity index (χ0v) is 18.0. The molecule has 2 aromatic carbocycles. The number of nitrogen functional groups attached to an aromatic ring is 1. The molecule has 1 aromatic heterocycles. The van der Waals surface area contributed by atoms with E-state index < -0.39 is 17.6 Å². The van der Waals surface area contributed by atoms with E-state index in [-0.39, 0.29) is 22.5 Å². The molecule has 1 heterocycles. The van der Waals surface area contributed by atoms with E-state index in [4.69, 9.17) is 5.84 Å². The normalized spacial score (nSPS) is 11.6. The highest BCUT2D eigenvalue weighted by Gasteiger charge is 2.30. The van der Waals surface area contributed by atoms with Crippen LogP contribution in [0.5, 0.6) is 0 Å². The van der Waals surface area contributed by atoms with Gasteiger partial charge in [0.05, 0.1) is 17.5 Å². The summed E-state index contributed by atoms with van der Waals surface area (Å²) in [5, 5.41) is 14.4. The second kappa shape index (κ2) is 9.83. The van der Waals surface area contributed by atoms with Crippen LogP contribution in [0.15, 0.2) is 63.3 Å². The van der Waals surface area contributed by atoms with Gasteiger partial charge in [0, 0.05) is 10.2 Å². The number of anilines is 2. The SMILES string of the molecule is Nn1c(N/N=C/c2cccc(Br)c2)nnc1SCC(=O)Nc1cccc(C(F)(F)F)c1. The minimum atomic E-state index is -4.49. The van der Waals surface area contributed by atoms with E-state index in [0.29, 0.717) is 0 Å². The van der Waals surface area contributed by atoms with Gasteiger partial charge in [0.25, 0.3) is 5.95 Å². The molecule has 4 N–H and O–H groups in total. The molecule has 0 bridgehead atoms. The van der Waals surface area contributed by atoms with Gasteiger partial charge >= 0.3 is 6.18 Å². The predicted octanol–water partition coefficient (Wildman–Crippen LogP) is 3.95. The lowest BCUT2D eigenvalue weighted by Crippen LogP contribution is -2.17. The third kappa shape index (κ3) is 6.46. The van der Waals surface area contributed by atoms with Gasteiger partial charge in [0.2, 0.25) is 11.1 Å². The Morgan fingerprint density at radius 1 is 1.23 bits per heavy atom. The van der Waals surface area contributed by atoms with E-state index in [9.17, 15) is 18.0 Å². The first kappa shape index (κ1) is 22.6. The number of aromatic nitrogens is 3. The van der Waals surface area contributed by atoms with Gasteiger partial charge in [0.15, 0.2) is 0 Å². The van der Waals surface area contributed by atoms with Crippen LogP contribution in [0, 0.1) is 0 Å². The van der Waals surface area contributed by atoms with Crippen molar-refractivity contribution in [2.45, 2.75) is 11.3 Å². The fraction of sp³-hybridized carbons (Fsp3) is 0.111. The number of nitrogens with one attached hydrogen (secondary N) is 2. The van der Waals surface area contributed by atoms with E-state index in [1.807, 2.05) is 24.3 Å². The van der Waals surface area contributed by atoms with Crippen molar-refractivity contribution in [1.82, 2.24) is 14.9 Å². The highest BCUT2D eigenvalue weighted by Crippen LogP contribution is 2.30. The smallest absolute Gasteiger partial charge is 0.334 e. The third-order valence-electron chi connectivity index (χ3n) is 3.70. The lowest BCUT2D eigenvalue weighted by atomic mass is 10.2. The molecule has 3 aromatic rings. The second-order valence-corrected chi connectivity index (χ2v) is 7.87. The molecular weight excluding hydrogens is 499 g/mol. The lowest BCUT2D eigenvalue weighted by Gasteiger charge is -2.09. The zero-order chi connectivity index (χ0) is 22.4. The Labute approximate surface area is 187 Å². The molecule has 1 amide bonds. The van der Waals surface area contributed by atoms with Crippen LogP contribution in [0.3, 0.4) is 0 Å². The monoisotopic (exact) mass is 513 g/mol. The van der Waals surface area contributed by atoms with Crippen molar-refractivity contribution >= 4 is 51.4 Å². The molecule has 0 saturated carbocycles. The summed E-state index contributed by atoms with van der Waals surface area (Å²) >= 11 is 4.33. The average Bonchev–Trinajstić information content (AvgIpc) is 3.06. The molecule has 0 aliphatic carbocycles. The summed E-state index contributed by atoms with van der Waals surface area (Å²) in [4.78, 5) is 12.1. The first-order valence-electron chi connectivity index (χ1n) is 8.57. The second-order valence-electron chi connectivity index (χ2n) is 6.02. The number of nitrogens with zero attached hydrogens (tertiary/aromatic N) is 4. The topological polar surface area (TPSA) is 110 Å². The van der Waals surface area contributed by atoms with Crippen LogP contribution in [0.4, 0.5) is 24.8 Å². The Hall–Kier alpha value is -3.06. The van der Waals surface area contributed by atoms with Gasteiger partial charge in [-0.2, -0.15) is 18.3 Å². The largest absolute Gasteiger partial charge is 0.416 e. The molecule has 0 unspecified atom stereocenters. The number of carbonyl (C=O) groups is 1. The third-order valence-corrected chi connectivity index (χ3v) is 5.13. The maximum Gasteiger partial charge on any atom is 0.416 e. The fourth-order valence-corrected chi connectivity index (χ4v) is 3.38. The number of benzene rings is 2. The summed E-state index contributed by atoms with van der Waals surface area (Å²) in [6, 6.07) is 11.8. The van der Waals surface area contributed by atoms with E-state index in [1.165, 1.54) is 12.1 Å². The van der Waals surface area contributed by atoms with Crippen LogP contribution in [0.1, 0.15) is 11.1 Å². The van der Waals surface area contributed by atoms with Crippen molar-refractivity contribution in [2.24, 2.45) is 5.10 Å². The van der Waals surface area contributed by atoms with Crippen LogP contribution in [0.2, 0.25) is 0 Å².